The number of fused-ring (bicyclic) bond motifs is 3. The second-order valence-electron chi connectivity index (χ2n) is 13.0. The van der Waals surface area contributed by atoms with E-state index in [9.17, 15) is 44.1 Å². The minimum atomic E-state index is -1.54. The summed E-state index contributed by atoms with van der Waals surface area (Å²) in [5.41, 5.74) is 1.65. The fourth-order valence-electron chi connectivity index (χ4n) is 5.66. The monoisotopic (exact) mass is 724 g/mol. The molecule has 1 aliphatic heterocycles. The van der Waals surface area contributed by atoms with Crippen molar-refractivity contribution in [1.29, 1.82) is 0 Å². The van der Waals surface area contributed by atoms with Gasteiger partial charge in [-0.25, -0.2) is 4.79 Å². The SMILES string of the molecule is Cc1c(O)cccc1C(=O)N[C@H]1Cc2c([nH]c3ccccc23)SC[C@@H](C(=O)O)NC(=O)[C@H]([C@@H](C)O)NC(=O)[C@@H](C)NC(=O)[C@H](CC(C)C)NC1=O. The zero-order valence-electron chi connectivity index (χ0n) is 28.9. The van der Waals surface area contributed by atoms with Crippen LogP contribution in [-0.2, 0) is 30.4 Å². The van der Waals surface area contributed by atoms with Crippen LogP contribution < -0.4 is 26.6 Å². The number of thioether (sulfide) groups is 1. The summed E-state index contributed by atoms with van der Waals surface area (Å²) in [4.78, 5) is 83.3. The molecule has 0 saturated carbocycles. The third-order valence-corrected chi connectivity index (χ3v) is 9.66. The van der Waals surface area contributed by atoms with E-state index in [4.69, 9.17) is 0 Å². The van der Waals surface area contributed by atoms with Crippen molar-refractivity contribution < 1.29 is 44.1 Å². The minimum Gasteiger partial charge on any atom is -0.508 e. The molecule has 274 valence electrons. The number of H-pyrrole nitrogens is 1. The molecule has 51 heavy (non-hydrogen) atoms. The Morgan fingerprint density at radius 3 is 2.29 bits per heavy atom. The molecule has 0 spiro atoms. The second-order valence-corrected chi connectivity index (χ2v) is 14.0. The number of aliphatic carboxylic acids is 1. The standard InChI is InChI=1S/C35H44N6O9S/c1-16(2)13-24-31(46)36-18(4)29(44)41-28(19(5)42)33(48)39-26(35(49)50)15-51-34-22(21-9-6-7-11-23(21)40-34)14-25(32(47)38-24)37-30(45)20-10-8-12-27(43)17(20)3/h6-12,16,18-19,24-26,28,40,42-43H,13-15H2,1-5H3,(H,36,46)(H,37,45)(H,38,47)(H,39,48)(H,41,44)(H,49,50)/t18-,19-,24+,25+,26+,28+/m1/s1. The fourth-order valence-corrected chi connectivity index (χ4v) is 6.77. The fraction of sp³-hybridized carbons (Fsp3) is 0.429. The van der Waals surface area contributed by atoms with Crippen molar-refractivity contribution in [1.82, 2.24) is 31.6 Å². The Kier molecular flexibility index (Phi) is 12.7. The number of aliphatic hydroxyl groups is 1. The number of phenolic OH excluding ortho intramolecular Hbond substituents is 1. The Hall–Kier alpha value is -5.09. The first-order chi connectivity index (χ1) is 24.1. The summed E-state index contributed by atoms with van der Waals surface area (Å²) in [7, 11) is 0. The highest BCUT2D eigenvalue weighted by Crippen LogP contribution is 2.32. The number of nitrogens with one attached hydrogen (secondary N) is 6. The summed E-state index contributed by atoms with van der Waals surface area (Å²) in [6.45, 7) is 7.86. The number of carboxylic acids is 1. The lowest BCUT2D eigenvalue weighted by molar-refractivity contribution is -0.142. The van der Waals surface area contributed by atoms with E-state index < -0.39 is 71.8 Å². The van der Waals surface area contributed by atoms with Gasteiger partial charge in [0.15, 0.2) is 0 Å². The number of aliphatic hydroxyl groups excluding tert-OH is 1. The Morgan fingerprint density at radius 2 is 1.63 bits per heavy atom. The van der Waals surface area contributed by atoms with Crippen LogP contribution in [0.1, 0.15) is 55.6 Å². The van der Waals surface area contributed by atoms with Gasteiger partial charge in [-0.3, -0.25) is 24.0 Å². The van der Waals surface area contributed by atoms with E-state index in [0.29, 0.717) is 27.1 Å². The molecule has 5 amide bonds. The highest BCUT2D eigenvalue weighted by Gasteiger charge is 2.34. The zero-order chi connectivity index (χ0) is 37.6. The number of aromatic hydroxyl groups is 1. The quantitative estimate of drug-likeness (QED) is 0.175. The number of carbonyl (C=O) groups excluding carboxylic acids is 5. The summed E-state index contributed by atoms with van der Waals surface area (Å²) < 4.78 is 0. The number of rotatable bonds is 6. The van der Waals surface area contributed by atoms with Crippen LogP contribution in [0.15, 0.2) is 47.5 Å². The van der Waals surface area contributed by atoms with Gasteiger partial charge < -0.3 is 46.9 Å². The highest BCUT2D eigenvalue weighted by molar-refractivity contribution is 7.99. The van der Waals surface area contributed by atoms with E-state index in [1.54, 1.807) is 31.2 Å². The molecule has 9 N–H and O–H groups in total. The van der Waals surface area contributed by atoms with Gasteiger partial charge in [-0.1, -0.05) is 38.1 Å². The molecule has 0 saturated heterocycles. The molecule has 0 bridgehead atoms. The van der Waals surface area contributed by atoms with Gasteiger partial charge >= 0.3 is 5.97 Å². The number of carboxylic acid groups (broad SMARTS) is 1. The van der Waals surface area contributed by atoms with Gasteiger partial charge in [0, 0.05) is 34.2 Å². The predicted molar refractivity (Wildman–Crippen MR) is 189 cm³/mol. The molecule has 0 unspecified atom stereocenters. The molecule has 0 aliphatic carbocycles. The maximum atomic E-state index is 14.2. The lowest BCUT2D eigenvalue weighted by atomic mass is 10.00. The number of para-hydroxylation sites is 1. The van der Waals surface area contributed by atoms with Crippen LogP contribution >= 0.6 is 11.8 Å². The highest BCUT2D eigenvalue weighted by atomic mass is 32.2. The summed E-state index contributed by atoms with van der Waals surface area (Å²) >= 11 is 1.05. The lowest BCUT2D eigenvalue weighted by Gasteiger charge is -2.27. The van der Waals surface area contributed by atoms with E-state index in [1.165, 1.54) is 32.0 Å². The number of hydrogen-bond donors (Lipinski definition) is 9. The molecule has 0 radical (unpaired) electrons. The molecule has 0 fully saturated rings. The lowest BCUT2D eigenvalue weighted by Crippen LogP contribution is -2.60. The van der Waals surface area contributed by atoms with Gasteiger partial charge in [0.1, 0.15) is 36.0 Å². The van der Waals surface area contributed by atoms with Crippen LogP contribution in [0.5, 0.6) is 5.75 Å². The van der Waals surface area contributed by atoms with Gasteiger partial charge in [-0.2, -0.15) is 0 Å². The van der Waals surface area contributed by atoms with Crippen LogP contribution in [0, 0.1) is 12.8 Å². The largest absolute Gasteiger partial charge is 0.508 e. The molecule has 16 heteroatoms. The predicted octanol–water partition coefficient (Wildman–Crippen LogP) is 1.10. The van der Waals surface area contributed by atoms with Gasteiger partial charge in [-0.15, -0.1) is 11.8 Å². The van der Waals surface area contributed by atoms with Gasteiger partial charge in [0.05, 0.1) is 11.1 Å². The van der Waals surface area contributed by atoms with Crippen molar-refractivity contribution in [2.45, 2.75) is 88.8 Å². The number of aromatic amines is 1. The van der Waals surface area contributed by atoms with E-state index in [0.717, 1.165) is 11.8 Å². The molecule has 2 heterocycles. The Balaban J connectivity index is 1.82. The van der Waals surface area contributed by atoms with Crippen molar-refractivity contribution >= 4 is 58.2 Å². The van der Waals surface area contributed by atoms with Crippen molar-refractivity contribution in [2.75, 3.05) is 5.75 Å². The van der Waals surface area contributed by atoms with Crippen molar-refractivity contribution in [3.63, 3.8) is 0 Å². The third kappa shape index (κ3) is 9.58. The summed E-state index contributed by atoms with van der Waals surface area (Å²) in [6, 6.07) is 4.92. The number of amides is 5. The smallest absolute Gasteiger partial charge is 0.327 e. The van der Waals surface area contributed by atoms with E-state index >= 15 is 0 Å². The second kappa shape index (κ2) is 16.7. The first kappa shape index (κ1) is 38.7. The van der Waals surface area contributed by atoms with Crippen molar-refractivity contribution in [3.05, 3.63) is 59.2 Å². The first-order valence-corrected chi connectivity index (χ1v) is 17.5. The first-order valence-electron chi connectivity index (χ1n) is 16.5. The van der Waals surface area contributed by atoms with Crippen molar-refractivity contribution in [2.24, 2.45) is 5.92 Å². The molecule has 1 aromatic heterocycles. The van der Waals surface area contributed by atoms with Crippen molar-refractivity contribution in [3.8, 4) is 5.75 Å². The number of carbonyl (C=O) groups is 6. The molecule has 1 aliphatic rings. The van der Waals surface area contributed by atoms with Crippen LogP contribution in [0.25, 0.3) is 10.9 Å². The Morgan fingerprint density at radius 1 is 0.922 bits per heavy atom. The number of phenols is 1. The topological polar surface area (TPSA) is 239 Å². The van der Waals surface area contributed by atoms with Crippen LogP contribution in [0.4, 0.5) is 0 Å². The van der Waals surface area contributed by atoms with E-state index in [2.05, 4.69) is 31.6 Å². The zero-order valence-corrected chi connectivity index (χ0v) is 29.7. The number of benzene rings is 2. The van der Waals surface area contributed by atoms with Gasteiger partial charge in [0.25, 0.3) is 5.91 Å². The molecule has 4 rings (SSSR count). The number of aromatic nitrogens is 1. The molecule has 6 atom stereocenters. The normalized spacial score (nSPS) is 23.2. The van der Waals surface area contributed by atoms with Crippen LogP contribution in [0.2, 0.25) is 0 Å². The summed E-state index contributed by atoms with van der Waals surface area (Å²) in [5, 5.41) is 44.6. The maximum absolute atomic E-state index is 14.2. The Bertz CT molecular complexity index is 1810. The Labute approximate surface area is 298 Å². The average Bonchev–Trinajstić information content (AvgIpc) is 3.41. The van der Waals surface area contributed by atoms with Crippen LogP contribution in [-0.4, -0.2) is 97.9 Å². The maximum Gasteiger partial charge on any atom is 0.327 e. The third-order valence-electron chi connectivity index (χ3n) is 8.52. The van der Waals surface area contributed by atoms with E-state index in [1.807, 2.05) is 13.8 Å². The summed E-state index contributed by atoms with van der Waals surface area (Å²) in [5.74, 6) is -5.62. The molecule has 15 nitrogen and oxygen atoms in total. The molecular formula is C35H44N6O9S. The molecule has 3 aromatic rings. The van der Waals surface area contributed by atoms with E-state index in [-0.39, 0.29) is 35.8 Å². The molecular weight excluding hydrogens is 680 g/mol. The average molecular weight is 725 g/mol. The van der Waals surface area contributed by atoms with Crippen LogP contribution in [0.3, 0.4) is 0 Å². The van der Waals surface area contributed by atoms with Gasteiger partial charge in [-0.05, 0) is 56.9 Å². The minimum absolute atomic E-state index is 0.0897. The van der Waals surface area contributed by atoms with Gasteiger partial charge in [0.2, 0.25) is 23.6 Å². The molecule has 2 aromatic carbocycles. The number of hydrogen-bond acceptors (Lipinski definition) is 9. The summed E-state index contributed by atoms with van der Waals surface area (Å²) in [6.07, 6.45) is -1.36.